The number of rotatable bonds is 2. The molecule has 0 saturated carbocycles. The molecular weight excluding hydrogens is 166 g/mol. The molecule has 0 aliphatic carbocycles. The Labute approximate surface area is 68.5 Å². The number of aliphatic carboxylic acids is 1. The summed E-state index contributed by atoms with van der Waals surface area (Å²) in [6, 6.07) is 0. The van der Waals surface area contributed by atoms with Crippen LogP contribution < -0.4 is 0 Å². The third-order valence-electron chi connectivity index (χ3n) is 1.79. The molecule has 0 aromatic rings. The molecule has 0 aromatic heterocycles. The van der Waals surface area contributed by atoms with Crippen molar-refractivity contribution in [1.82, 2.24) is 4.90 Å². The van der Waals surface area contributed by atoms with Crippen LogP contribution in [0.3, 0.4) is 0 Å². The Kier molecular flexibility index (Phi) is 1.78. The van der Waals surface area contributed by atoms with Crippen molar-refractivity contribution >= 4 is 17.7 Å². The molecule has 0 spiro atoms. The predicted molar refractivity (Wildman–Crippen MR) is 40.3 cm³/mol. The van der Waals surface area contributed by atoms with E-state index in [1.165, 1.54) is 0 Å². The maximum Gasteiger partial charge on any atom is 0.317 e. The van der Waals surface area contributed by atoms with Gasteiger partial charge >= 0.3 is 5.97 Å². The van der Waals surface area contributed by atoms with Gasteiger partial charge < -0.3 is 9.84 Å². The van der Waals surface area contributed by atoms with Crippen LogP contribution in [0, 0.1) is 0 Å². The summed E-state index contributed by atoms with van der Waals surface area (Å²) in [6.07, 6.45) is 0. The van der Waals surface area contributed by atoms with Crippen LogP contribution in [0.2, 0.25) is 0 Å². The Morgan fingerprint density at radius 1 is 1.82 bits per heavy atom. The largest absolute Gasteiger partial charge is 0.480 e. The van der Waals surface area contributed by atoms with Crippen LogP contribution in [0.5, 0.6) is 0 Å². The molecule has 2 heterocycles. The van der Waals surface area contributed by atoms with Crippen molar-refractivity contribution in [3.63, 3.8) is 0 Å². The third kappa shape index (κ3) is 1.50. The lowest BCUT2D eigenvalue weighted by atomic mass is 10.4. The first-order valence-electron chi connectivity index (χ1n) is 3.50. The van der Waals surface area contributed by atoms with Gasteiger partial charge in [0.1, 0.15) is 5.44 Å². The molecule has 2 atom stereocenters. The fraction of sp³-hybridized carbons (Fsp3) is 0.833. The summed E-state index contributed by atoms with van der Waals surface area (Å²) in [5, 5.41) is 8.83. The minimum absolute atomic E-state index is 0.150. The van der Waals surface area contributed by atoms with Crippen molar-refractivity contribution in [2.75, 3.05) is 19.7 Å². The number of hydrogen-bond acceptors (Lipinski definition) is 4. The molecule has 0 bridgehead atoms. The van der Waals surface area contributed by atoms with Gasteiger partial charge in [-0.2, -0.15) is 0 Å². The molecule has 0 unspecified atom stereocenters. The summed E-state index contributed by atoms with van der Waals surface area (Å²) >= 11 is 1.69. The van der Waals surface area contributed by atoms with Crippen LogP contribution in [0.1, 0.15) is 0 Å². The minimum Gasteiger partial charge on any atom is -0.480 e. The number of morpholine rings is 1. The zero-order valence-corrected chi connectivity index (χ0v) is 6.71. The molecular formula is C6H9NO3S. The van der Waals surface area contributed by atoms with Crippen molar-refractivity contribution in [1.29, 1.82) is 0 Å². The smallest absolute Gasteiger partial charge is 0.317 e. The van der Waals surface area contributed by atoms with Crippen molar-refractivity contribution < 1.29 is 14.6 Å². The normalized spacial score (nSPS) is 36.4. The molecule has 0 amide bonds. The molecule has 2 rings (SSSR count). The minimum atomic E-state index is -0.752. The van der Waals surface area contributed by atoms with Gasteiger partial charge in [0.25, 0.3) is 0 Å². The summed E-state index contributed by atoms with van der Waals surface area (Å²) in [5.74, 6) is -0.752. The van der Waals surface area contributed by atoms with E-state index in [2.05, 4.69) is 0 Å². The van der Waals surface area contributed by atoms with E-state index >= 15 is 0 Å². The molecule has 2 fully saturated rings. The second kappa shape index (κ2) is 2.66. The topological polar surface area (TPSA) is 49.8 Å². The molecule has 0 radical (unpaired) electrons. The van der Waals surface area contributed by atoms with Crippen molar-refractivity contribution in [2.45, 2.75) is 10.8 Å². The number of carbonyl (C=O) groups is 1. The summed E-state index contributed by atoms with van der Waals surface area (Å²) in [4.78, 5) is 12.3. The molecule has 2 aliphatic heterocycles. The highest BCUT2D eigenvalue weighted by atomic mass is 32.2. The zero-order chi connectivity index (χ0) is 7.84. The van der Waals surface area contributed by atoms with Gasteiger partial charge in [-0.15, -0.1) is 11.8 Å². The van der Waals surface area contributed by atoms with Crippen LogP contribution in [-0.4, -0.2) is 46.5 Å². The fourth-order valence-corrected chi connectivity index (χ4v) is 2.19. The Morgan fingerprint density at radius 3 is 3.36 bits per heavy atom. The van der Waals surface area contributed by atoms with Gasteiger partial charge in [0.05, 0.1) is 18.5 Å². The van der Waals surface area contributed by atoms with E-state index in [9.17, 15) is 4.79 Å². The Morgan fingerprint density at radius 2 is 2.64 bits per heavy atom. The molecule has 62 valence electrons. The average molecular weight is 175 g/mol. The van der Waals surface area contributed by atoms with Crippen LogP contribution in [0.4, 0.5) is 0 Å². The Balaban J connectivity index is 1.88. The van der Waals surface area contributed by atoms with Crippen molar-refractivity contribution in [3.05, 3.63) is 0 Å². The van der Waals surface area contributed by atoms with E-state index in [0.717, 1.165) is 6.54 Å². The summed E-state index contributed by atoms with van der Waals surface area (Å²) < 4.78 is 5.29. The molecule has 2 saturated heterocycles. The second-order valence-corrected chi connectivity index (χ2v) is 3.85. The predicted octanol–water partition coefficient (Wildman–Crippen LogP) is -0.198. The van der Waals surface area contributed by atoms with E-state index in [-0.39, 0.29) is 12.0 Å². The first-order valence-corrected chi connectivity index (χ1v) is 4.44. The maximum atomic E-state index is 10.3. The first kappa shape index (κ1) is 7.39. The Hall–Kier alpha value is -0.260. The molecule has 4 nitrogen and oxygen atoms in total. The number of carboxylic acids is 1. The highest BCUT2D eigenvalue weighted by molar-refractivity contribution is 8.07. The third-order valence-corrected chi connectivity index (χ3v) is 2.96. The maximum absolute atomic E-state index is 10.3. The lowest BCUT2D eigenvalue weighted by Gasteiger charge is -2.22. The standard InChI is InChI=1S/C6H9NO3S/c8-4(9)3-7-1-2-10-6-5(7)11-6/h5-6H,1-3H2,(H,8,9)/t5-,6+/m0/s1. The summed E-state index contributed by atoms with van der Waals surface area (Å²) in [5.41, 5.74) is 0.253. The van der Waals surface area contributed by atoms with Crippen molar-refractivity contribution in [3.8, 4) is 0 Å². The monoisotopic (exact) mass is 175 g/mol. The molecule has 5 heteroatoms. The average Bonchev–Trinajstić information content (AvgIpc) is 2.65. The Bertz CT molecular complexity index is 187. The summed E-state index contributed by atoms with van der Waals surface area (Å²) in [7, 11) is 0. The van der Waals surface area contributed by atoms with Gasteiger partial charge in [-0.1, -0.05) is 0 Å². The fourth-order valence-electron chi connectivity index (χ4n) is 1.23. The molecule has 11 heavy (non-hydrogen) atoms. The van der Waals surface area contributed by atoms with E-state index in [0.29, 0.717) is 12.0 Å². The van der Waals surface area contributed by atoms with Gasteiger partial charge in [0, 0.05) is 6.54 Å². The van der Waals surface area contributed by atoms with Crippen LogP contribution in [0.25, 0.3) is 0 Å². The molecule has 2 aliphatic rings. The van der Waals surface area contributed by atoms with E-state index in [1.807, 2.05) is 4.90 Å². The van der Waals surface area contributed by atoms with Crippen LogP contribution in [0.15, 0.2) is 0 Å². The first-order chi connectivity index (χ1) is 5.27. The van der Waals surface area contributed by atoms with E-state index in [4.69, 9.17) is 9.84 Å². The van der Waals surface area contributed by atoms with Gasteiger partial charge in [-0.05, 0) is 0 Å². The van der Waals surface area contributed by atoms with Gasteiger partial charge in [0.2, 0.25) is 0 Å². The van der Waals surface area contributed by atoms with Crippen molar-refractivity contribution in [2.24, 2.45) is 0 Å². The van der Waals surface area contributed by atoms with Gasteiger partial charge in [-0.25, -0.2) is 0 Å². The molecule has 1 N–H and O–H groups in total. The van der Waals surface area contributed by atoms with E-state index < -0.39 is 5.97 Å². The van der Waals surface area contributed by atoms with E-state index in [1.54, 1.807) is 11.8 Å². The number of ether oxygens (including phenoxy) is 1. The number of carboxylic acid groups (broad SMARTS) is 1. The zero-order valence-electron chi connectivity index (χ0n) is 5.90. The molecule has 0 aromatic carbocycles. The highest BCUT2D eigenvalue weighted by Crippen LogP contribution is 2.46. The summed E-state index contributed by atoms with van der Waals surface area (Å²) in [6.45, 7) is 1.57. The van der Waals surface area contributed by atoms with Crippen LogP contribution >= 0.6 is 11.8 Å². The quantitative estimate of drug-likeness (QED) is 0.589. The van der Waals surface area contributed by atoms with Crippen LogP contribution in [-0.2, 0) is 9.53 Å². The lowest BCUT2D eigenvalue weighted by molar-refractivity contribution is -0.139. The number of nitrogens with zero attached hydrogens (tertiary/aromatic N) is 1. The van der Waals surface area contributed by atoms with Gasteiger partial charge in [-0.3, -0.25) is 9.69 Å². The number of fused-ring (bicyclic) bond motifs is 1. The van der Waals surface area contributed by atoms with Gasteiger partial charge in [0.15, 0.2) is 0 Å². The number of thioether (sulfide) groups is 1. The number of hydrogen-bond donors (Lipinski definition) is 1. The second-order valence-electron chi connectivity index (χ2n) is 2.63. The highest BCUT2D eigenvalue weighted by Gasteiger charge is 2.47. The lowest BCUT2D eigenvalue weighted by Crippen LogP contribution is -2.39. The SMILES string of the molecule is O=C(O)CN1CCO[C@@H]2S[C@@H]21.